The smallest absolute Gasteiger partial charge is 0.179 e. The summed E-state index contributed by atoms with van der Waals surface area (Å²) in [7, 11) is 0. The van der Waals surface area contributed by atoms with E-state index in [0.29, 0.717) is 6.04 Å². The Kier molecular flexibility index (Phi) is 5.54. The molecule has 0 aliphatic heterocycles. The summed E-state index contributed by atoms with van der Waals surface area (Å²) in [5, 5.41) is 0. The molecule has 18 heavy (non-hydrogen) atoms. The molecule has 0 N–H and O–H groups in total. The summed E-state index contributed by atoms with van der Waals surface area (Å²) in [6, 6.07) is 8.25. The first-order valence-corrected chi connectivity index (χ1v) is 6.87. The second-order valence-electron chi connectivity index (χ2n) is 4.99. The number of carbonyl (C=O) groups is 1. The predicted octanol–water partition coefficient (Wildman–Crippen LogP) is 3.69. The summed E-state index contributed by atoms with van der Waals surface area (Å²) in [6.45, 7) is 11.4. The molecule has 0 heterocycles. The lowest BCUT2D eigenvalue weighted by molar-refractivity contribution is 0.0782. The lowest BCUT2D eigenvalue weighted by Gasteiger charge is -2.32. The molecule has 0 fully saturated rings. The standard InChI is InChI=1S/C16H25NO/c1-6-13(4)17(7-2)14(5)16(18)15-10-8-12(3)9-11-15/h8-11,13-14H,6-7H2,1-5H3. The highest BCUT2D eigenvalue weighted by Crippen LogP contribution is 2.14. The van der Waals surface area contributed by atoms with Gasteiger partial charge in [-0.25, -0.2) is 0 Å². The van der Waals surface area contributed by atoms with Gasteiger partial charge >= 0.3 is 0 Å². The number of hydrogen-bond donors (Lipinski definition) is 0. The molecule has 1 aromatic rings. The van der Waals surface area contributed by atoms with Crippen LogP contribution >= 0.6 is 0 Å². The number of likely N-dealkylation sites (N-methyl/N-ethyl adjacent to an activating group) is 1. The number of carbonyl (C=O) groups excluding carboxylic acids is 1. The third kappa shape index (κ3) is 3.42. The minimum Gasteiger partial charge on any atom is -0.292 e. The third-order valence-corrected chi connectivity index (χ3v) is 3.74. The highest BCUT2D eigenvalue weighted by atomic mass is 16.1. The Balaban J connectivity index is 2.85. The first-order chi connectivity index (χ1) is 8.51. The van der Waals surface area contributed by atoms with Gasteiger partial charge in [0.1, 0.15) is 0 Å². The van der Waals surface area contributed by atoms with Crippen molar-refractivity contribution in [3.8, 4) is 0 Å². The van der Waals surface area contributed by atoms with Gasteiger partial charge in [0.05, 0.1) is 6.04 Å². The molecule has 0 bridgehead atoms. The van der Waals surface area contributed by atoms with Crippen molar-refractivity contribution in [2.45, 2.75) is 53.1 Å². The Hall–Kier alpha value is -1.15. The molecule has 0 aromatic heterocycles. The predicted molar refractivity (Wildman–Crippen MR) is 77.1 cm³/mol. The molecule has 100 valence electrons. The Labute approximate surface area is 111 Å². The molecule has 0 radical (unpaired) electrons. The van der Waals surface area contributed by atoms with Crippen LogP contribution in [0, 0.1) is 6.92 Å². The number of Topliss-reactive ketones (excluding diaryl/α,β-unsaturated/α-hetero) is 1. The maximum absolute atomic E-state index is 12.4. The zero-order valence-corrected chi connectivity index (χ0v) is 12.2. The van der Waals surface area contributed by atoms with Crippen molar-refractivity contribution in [1.29, 1.82) is 0 Å². The maximum atomic E-state index is 12.4. The molecule has 0 amide bonds. The molecular formula is C16H25NO. The fraction of sp³-hybridized carbons (Fsp3) is 0.562. The number of aryl methyl sites for hydroxylation is 1. The number of hydrogen-bond acceptors (Lipinski definition) is 2. The van der Waals surface area contributed by atoms with Gasteiger partial charge in [0.2, 0.25) is 0 Å². The highest BCUT2D eigenvalue weighted by molar-refractivity contribution is 5.99. The monoisotopic (exact) mass is 247 g/mol. The van der Waals surface area contributed by atoms with E-state index in [4.69, 9.17) is 0 Å². The molecule has 0 saturated heterocycles. The van der Waals surface area contributed by atoms with Crippen LogP contribution in [0.25, 0.3) is 0 Å². The Morgan fingerprint density at radius 3 is 2.17 bits per heavy atom. The molecule has 1 rings (SSSR count). The van der Waals surface area contributed by atoms with Crippen molar-refractivity contribution < 1.29 is 4.79 Å². The minimum atomic E-state index is -0.0485. The molecule has 2 atom stereocenters. The Morgan fingerprint density at radius 2 is 1.72 bits per heavy atom. The van der Waals surface area contributed by atoms with Gasteiger partial charge in [-0.15, -0.1) is 0 Å². The number of rotatable bonds is 6. The van der Waals surface area contributed by atoms with Crippen molar-refractivity contribution in [2.24, 2.45) is 0 Å². The largest absolute Gasteiger partial charge is 0.292 e. The first-order valence-electron chi connectivity index (χ1n) is 6.87. The molecule has 0 spiro atoms. The van der Waals surface area contributed by atoms with Crippen molar-refractivity contribution in [3.63, 3.8) is 0 Å². The molecule has 2 unspecified atom stereocenters. The van der Waals surface area contributed by atoms with Crippen molar-refractivity contribution >= 4 is 5.78 Å². The molecule has 2 heteroatoms. The zero-order chi connectivity index (χ0) is 13.7. The van der Waals surface area contributed by atoms with Crippen molar-refractivity contribution in [1.82, 2.24) is 4.90 Å². The number of ketones is 1. The van der Waals surface area contributed by atoms with Gasteiger partial charge in [0.25, 0.3) is 0 Å². The van der Waals surface area contributed by atoms with Crippen LogP contribution in [0.1, 0.15) is 50.0 Å². The van der Waals surface area contributed by atoms with E-state index >= 15 is 0 Å². The van der Waals surface area contributed by atoms with E-state index in [1.165, 1.54) is 5.56 Å². The van der Waals surface area contributed by atoms with E-state index in [0.717, 1.165) is 18.5 Å². The van der Waals surface area contributed by atoms with E-state index in [1.807, 2.05) is 38.1 Å². The SMILES string of the molecule is CCC(C)N(CC)C(C)C(=O)c1ccc(C)cc1. The van der Waals surface area contributed by atoms with Crippen LogP contribution in [0.2, 0.25) is 0 Å². The topological polar surface area (TPSA) is 20.3 Å². The second-order valence-corrected chi connectivity index (χ2v) is 4.99. The van der Waals surface area contributed by atoms with Crippen molar-refractivity contribution in [3.05, 3.63) is 35.4 Å². The molecule has 1 aromatic carbocycles. The van der Waals surface area contributed by atoms with Gasteiger partial charge < -0.3 is 0 Å². The average molecular weight is 247 g/mol. The van der Waals surface area contributed by atoms with Gasteiger partial charge in [-0.2, -0.15) is 0 Å². The fourth-order valence-electron chi connectivity index (χ4n) is 2.31. The summed E-state index contributed by atoms with van der Waals surface area (Å²) >= 11 is 0. The second kappa shape index (κ2) is 6.69. The molecule has 2 nitrogen and oxygen atoms in total. The average Bonchev–Trinajstić information content (AvgIpc) is 2.39. The van der Waals surface area contributed by atoms with Crippen molar-refractivity contribution in [2.75, 3.05) is 6.54 Å². The number of nitrogens with zero attached hydrogens (tertiary/aromatic N) is 1. The van der Waals surface area contributed by atoms with Gasteiger partial charge in [0, 0.05) is 11.6 Å². The van der Waals surface area contributed by atoms with Crippen LogP contribution in [0.3, 0.4) is 0 Å². The van der Waals surface area contributed by atoms with Crippen LogP contribution < -0.4 is 0 Å². The van der Waals surface area contributed by atoms with Crippen LogP contribution in [0.5, 0.6) is 0 Å². The summed E-state index contributed by atoms with van der Waals surface area (Å²) in [5.74, 6) is 0.220. The van der Waals surface area contributed by atoms with Crippen LogP contribution in [-0.2, 0) is 0 Å². The quantitative estimate of drug-likeness (QED) is 0.715. The summed E-state index contributed by atoms with van der Waals surface area (Å²) in [5.41, 5.74) is 2.00. The Bertz CT molecular complexity index is 383. The molecule has 0 aliphatic carbocycles. The molecule has 0 saturated carbocycles. The zero-order valence-electron chi connectivity index (χ0n) is 12.2. The highest BCUT2D eigenvalue weighted by Gasteiger charge is 2.24. The van der Waals surface area contributed by atoms with E-state index in [1.54, 1.807) is 0 Å². The Morgan fingerprint density at radius 1 is 1.17 bits per heavy atom. The number of benzene rings is 1. The van der Waals surface area contributed by atoms with Crippen LogP contribution in [0.4, 0.5) is 0 Å². The van der Waals surface area contributed by atoms with Gasteiger partial charge in [0.15, 0.2) is 5.78 Å². The maximum Gasteiger partial charge on any atom is 0.179 e. The van der Waals surface area contributed by atoms with E-state index < -0.39 is 0 Å². The van der Waals surface area contributed by atoms with E-state index in [2.05, 4.69) is 25.7 Å². The van der Waals surface area contributed by atoms with E-state index in [-0.39, 0.29) is 11.8 Å². The molecule has 0 aliphatic rings. The van der Waals surface area contributed by atoms with Crippen LogP contribution in [-0.4, -0.2) is 29.3 Å². The summed E-state index contributed by atoms with van der Waals surface area (Å²) in [4.78, 5) is 14.7. The fourth-order valence-corrected chi connectivity index (χ4v) is 2.31. The first kappa shape index (κ1) is 14.9. The summed E-state index contributed by atoms with van der Waals surface area (Å²) in [6.07, 6.45) is 1.07. The van der Waals surface area contributed by atoms with Crippen LogP contribution in [0.15, 0.2) is 24.3 Å². The summed E-state index contributed by atoms with van der Waals surface area (Å²) < 4.78 is 0. The normalized spacial score (nSPS) is 14.6. The van der Waals surface area contributed by atoms with Gasteiger partial charge in [-0.05, 0) is 33.7 Å². The third-order valence-electron chi connectivity index (χ3n) is 3.74. The lowest BCUT2D eigenvalue weighted by Crippen LogP contribution is -2.44. The lowest BCUT2D eigenvalue weighted by atomic mass is 10.0. The van der Waals surface area contributed by atoms with Gasteiger partial charge in [-0.3, -0.25) is 9.69 Å². The van der Waals surface area contributed by atoms with Gasteiger partial charge in [-0.1, -0.05) is 43.7 Å². The van der Waals surface area contributed by atoms with E-state index in [9.17, 15) is 4.79 Å². The molecular weight excluding hydrogens is 222 g/mol. The minimum absolute atomic E-state index is 0.0485.